The van der Waals surface area contributed by atoms with E-state index in [1.165, 1.54) is 23.5 Å². The fourth-order valence-corrected chi connectivity index (χ4v) is 3.27. The number of nitro groups is 1. The molecule has 2 aromatic heterocycles. The molecular weight excluding hydrogens is 368 g/mol. The average molecular weight is 386 g/mol. The van der Waals surface area contributed by atoms with Crippen LogP contribution in [0.15, 0.2) is 46.3 Å². The van der Waals surface area contributed by atoms with Gasteiger partial charge in [-0.2, -0.15) is 4.98 Å². The van der Waals surface area contributed by atoms with E-state index in [1.807, 2.05) is 24.4 Å². The molecule has 1 aromatic carbocycles. The lowest BCUT2D eigenvalue weighted by atomic mass is 10.2. The highest BCUT2D eigenvalue weighted by Gasteiger charge is 2.18. The SMILES string of the molecule is CCCN(CCc1nc(-c2ccc([N+](=O)[O-])cc2)no1)C(=O)c1cccs1. The molecule has 27 heavy (non-hydrogen) atoms. The van der Waals surface area contributed by atoms with Gasteiger partial charge in [0.2, 0.25) is 11.7 Å². The molecule has 0 saturated carbocycles. The molecule has 1 amide bonds. The Hall–Kier alpha value is -3.07. The predicted octanol–water partition coefficient (Wildman–Crippen LogP) is 3.80. The zero-order valence-corrected chi connectivity index (χ0v) is 15.5. The van der Waals surface area contributed by atoms with Crippen LogP contribution in [0.4, 0.5) is 5.69 Å². The van der Waals surface area contributed by atoms with Crippen molar-refractivity contribution in [3.05, 3.63) is 62.7 Å². The standard InChI is InChI=1S/C18H18N4O4S/c1-2-10-21(18(23)15-4-3-12-27-15)11-9-16-19-17(20-26-16)13-5-7-14(8-6-13)22(24)25/h3-8,12H,2,9-11H2,1H3. The summed E-state index contributed by atoms with van der Waals surface area (Å²) in [4.78, 5) is 29.6. The number of carbonyl (C=O) groups is 1. The Morgan fingerprint density at radius 2 is 2.04 bits per heavy atom. The number of nitrogens with zero attached hydrogens (tertiary/aromatic N) is 4. The second kappa shape index (κ2) is 8.54. The summed E-state index contributed by atoms with van der Waals surface area (Å²) in [6.07, 6.45) is 1.30. The lowest BCUT2D eigenvalue weighted by Crippen LogP contribution is -2.33. The van der Waals surface area contributed by atoms with Crippen LogP contribution in [0.3, 0.4) is 0 Å². The first-order valence-corrected chi connectivity index (χ1v) is 9.36. The van der Waals surface area contributed by atoms with Gasteiger partial charge < -0.3 is 9.42 Å². The quantitative estimate of drug-likeness (QED) is 0.431. The lowest BCUT2D eigenvalue weighted by Gasteiger charge is -2.20. The molecule has 3 aromatic rings. The minimum atomic E-state index is -0.460. The first-order valence-electron chi connectivity index (χ1n) is 8.48. The van der Waals surface area contributed by atoms with Crippen LogP contribution >= 0.6 is 11.3 Å². The normalized spacial score (nSPS) is 10.7. The van der Waals surface area contributed by atoms with E-state index in [9.17, 15) is 14.9 Å². The highest BCUT2D eigenvalue weighted by atomic mass is 32.1. The average Bonchev–Trinajstić information content (AvgIpc) is 3.36. The van der Waals surface area contributed by atoms with Crippen molar-refractivity contribution in [2.45, 2.75) is 19.8 Å². The van der Waals surface area contributed by atoms with Crippen molar-refractivity contribution in [2.75, 3.05) is 13.1 Å². The van der Waals surface area contributed by atoms with Crippen molar-refractivity contribution in [3.63, 3.8) is 0 Å². The number of non-ortho nitro benzene ring substituents is 1. The first-order chi connectivity index (χ1) is 13.1. The van der Waals surface area contributed by atoms with Gasteiger partial charge in [0.1, 0.15) is 0 Å². The second-order valence-electron chi connectivity index (χ2n) is 5.84. The van der Waals surface area contributed by atoms with E-state index < -0.39 is 4.92 Å². The Morgan fingerprint density at radius 1 is 1.26 bits per heavy atom. The molecule has 0 aliphatic rings. The molecule has 140 valence electrons. The maximum Gasteiger partial charge on any atom is 0.269 e. The van der Waals surface area contributed by atoms with Crippen molar-refractivity contribution < 1.29 is 14.2 Å². The van der Waals surface area contributed by atoms with Gasteiger partial charge >= 0.3 is 0 Å². The predicted molar refractivity (Wildman–Crippen MR) is 101 cm³/mol. The molecule has 0 radical (unpaired) electrons. The molecule has 3 rings (SSSR count). The largest absolute Gasteiger partial charge is 0.339 e. The molecule has 0 spiro atoms. The van der Waals surface area contributed by atoms with Crippen LogP contribution in [0.1, 0.15) is 28.9 Å². The van der Waals surface area contributed by atoms with Crippen LogP contribution in [0.25, 0.3) is 11.4 Å². The molecular formula is C18H18N4O4S. The van der Waals surface area contributed by atoms with E-state index in [0.717, 1.165) is 6.42 Å². The van der Waals surface area contributed by atoms with Crippen molar-refractivity contribution in [2.24, 2.45) is 0 Å². The van der Waals surface area contributed by atoms with Gasteiger partial charge in [-0.25, -0.2) is 0 Å². The topological polar surface area (TPSA) is 102 Å². The van der Waals surface area contributed by atoms with Gasteiger partial charge in [-0.15, -0.1) is 11.3 Å². The van der Waals surface area contributed by atoms with E-state index in [-0.39, 0.29) is 11.6 Å². The van der Waals surface area contributed by atoms with E-state index in [2.05, 4.69) is 10.1 Å². The molecule has 9 heteroatoms. The van der Waals surface area contributed by atoms with Crippen LogP contribution in [0.2, 0.25) is 0 Å². The maximum atomic E-state index is 12.5. The molecule has 8 nitrogen and oxygen atoms in total. The number of aromatic nitrogens is 2. The van der Waals surface area contributed by atoms with E-state index in [0.29, 0.717) is 41.7 Å². The third kappa shape index (κ3) is 4.56. The van der Waals surface area contributed by atoms with Crippen molar-refractivity contribution in [1.29, 1.82) is 0 Å². The minimum Gasteiger partial charge on any atom is -0.339 e. The second-order valence-corrected chi connectivity index (χ2v) is 6.78. The third-order valence-corrected chi connectivity index (χ3v) is 4.77. The highest BCUT2D eigenvalue weighted by Crippen LogP contribution is 2.20. The summed E-state index contributed by atoms with van der Waals surface area (Å²) in [5, 5.41) is 16.5. The summed E-state index contributed by atoms with van der Waals surface area (Å²) in [5.74, 6) is 0.789. The smallest absolute Gasteiger partial charge is 0.269 e. The van der Waals surface area contributed by atoms with Gasteiger partial charge in [0.15, 0.2) is 0 Å². The van der Waals surface area contributed by atoms with Crippen molar-refractivity contribution >= 4 is 22.9 Å². The summed E-state index contributed by atoms with van der Waals surface area (Å²) in [6, 6.07) is 9.63. The van der Waals surface area contributed by atoms with Crippen molar-refractivity contribution in [3.8, 4) is 11.4 Å². The first kappa shape index (κ1) is 18.7. The molecule has 0 fully saturated rings. The Kier molecular flexibility index (Phi) is 5.92. The number of hydrogen-bond donors (Lipinski definition) is 0. The van der Waals surface area contributed by atoms with E-state index in [1.54, 1.807) is 17.0 Å². The molecule has 0 saturated heterocycles. The zero-order chi connectivity index (χ0) is 19.2. The Bertz CT molecular complexity index is 906. The monoisotopic (exact) mass is 386 g/mol. The maximum absolute atomic E-state index is 12.5. The molecule has 0 aliphatic heterocycles. The molecule has 0 atom stereocenters. The van der Waals surface area contributed by atoms with Gasteiger partial charge in [-0.05, 0) is 30.0 Å². The lowest BCUT2D eigenvalue weighted by molar-refractivity contribution is -0.384. The molecule has 0 aliphatic carbocycles. The number of nitro benzene ring substituents is 1. The van der Waals surface area contributed by atoms with Gasteiger partial charge in [0.05, 0.1) is 9.80 Å². The van der Waals surface area contributed by atoms with Crippen LogP contribution < -0.4 is 0 Å². The summed E-state index contributed by atoms with van der Waals surface area (Å²) in [7, 11) is 0. The summed E-state index contributed by atoms with van der Waals surface area (Å²) >= 11 is 1.42. The van der Waals surface area contributed by atoms with Crippen LogP contribution in [-0.4, -0.2) is 39.0 Å². The summed E-state index contributed by atoms with van der Waals surface area (Å²) in [6.45, 7) is 3.15. The minimum absolute atomic E-state index is 0.00181. The number of thiophene rings is 1. The number of carbonyl (C=O) groups excluding carboxylic acids is 1. The molecule has 0 bridgehead atoms. The van der Waals surface area contributed by atoms with Crippen LogP contribution in [-0.2, 0) is 6.42 Å². The molecule has 0 unspecified atom stereocenters. The van der Waals surface area contributed by atoms with Crippen molar-refractivity contribution in [1.82, 2.24) is 15.0 Å². The van der Waals surface area contributed by atoms with Gasteiger partial charge in [0.25, 0.3) is 11.6 Å². The summed E-state index contributed by atoms with van der Waals surface area (Å²) in [5.41, 5.74) is 0.639. The third-order valence-electron chi connectivity index (χ3n) is 3.91. The Balaban J connectivity index is 1.65. The number of benzene rings is 1. The van der Waals surface area contributed by atoms with Gasteiger partial charge in [0, 0.05) is 37.2 Å². The summed E-state index contributed by atoms with van der Waals surface area (Å²) < 4.78 is 5.27. The number of amides is 1. The van der Waals surface area contributed by atoms with E-state index >= 15 is 0 Å². The Morgan fingerprint density at radius 3 is 2.67 bits per heavy atom. The fraction of sp³-hybridized carbons (Fsp3) is 0.278. The van der Waals surface area contributed by atoms with Gasteiger partial charge in [-0.3, -0.25) is 14.9 Å². The van der Waals surface area contributed by atoms with Crippen LogP contribution in [0, 0.1) is 10.1 Å². The zero-order valence-electron chi connectivity index (χ0n) is 14.7. The van der Waals surface area contributed by atoms with Crippen LogP contribution in [0.5, 0.6) is 0 Å². The van der Waals surface area contributed by atoms with E-state index in [4.69, 9.17) is 4.52 Å². The molecule has 2 heterocycles. The van der Waals surface area contributed by atoms with Gasteiger partial charge in [-0.1, -0.05) is 18.1 Å². The highest BCUT2D eigenvalue weighted by molar-refractivity contribution is 7.12. The fourth-order valence-electron chi connectivity index (χ4n) is 2.58. The number of rotatable bonds is 8. The Labute approximate surface area is 159 Å². The molecule has 0 N–H and O–H groups in total. The number of hydrogen-bond acceptors (Lipinski definition) is 7.